The SMILES string of the molecule is Cc1ccc(S(=O)(=O)n2cc(Br)c3c(NCc4nc(N5C[C@@H](C)N(C(=O)O)[C@@H](C)C5)ccc4C)ncnc32)cc1. The summed E-state index contributed by atoms with van der Waals surface area (Å²) in [6, 6.07) is 10.3. The summed E-state index contributed by atoms with van der Waals surface area (Å²) >= 11 is 3.50. The van der Waals surface area contributed by atoms with Gasteiger partial charge < -0.3 is 15.3 Å². The lowest BCUT2D eigenvalue weighted by Gasteiger charge is -2.43. The van der Waals surface area contributed by atoms with Crippen LogP contribution in [0.1, 0.15) is 30.7 Å². The van der Waals surface area contributed by atoms with E-state index in [0.29, 0.717) is 35.3 Å². The first-order chi connectivity index (χ1) is 19.0. The molecule has 210 valence electrons. The summed E-state index contributed by atoms with van der Waals surface area (Å²) in [5, 5.41) is 13.4. The maximum Gasteiger partial charge on any atom is 0.407 e. The molecule has 0 unspecified atom stereocenters. The van der Waals surface area contributed by atoms with Crippen LogP contribution >= 0.6 is 15.9 Å². The second-order valence-corrected chi connectivity index (χ2v) is 12.8. The van der Waals surface area contributed by atoms with Crippen LogP contribution in [0.25, 0.3) is 11.0 Å². The summed E-state index contributed by atoms with van der Waals surface area (Å²) in [5.74, 6) is 1.24. The van der Waals surface area contributed by atoms with Crippen molar-refractivity contribution in [3.8, 4) is 0 Å². The molecular formula is C27H30BrN7O4S. The third-order valence-electron chi connectivity index (χ3n) is 7.16. The number of carboxylic acid groups (broad SMARTS) is 1. The van der Waals surface area contributed by atoms with Gasteiger partial charge in [0.1, 0.15) is 18.0 Å². The molecule has 1 aromatic carbocycles. The Kier molecular flexibility index (Phi) is 7.44. The van der Waals surface area contributed by atoms with Crippen LogP contribution in [-0.4, -0.2) is 68.6 Å². The fourth-order valence-electron chi connectivity index (χ4n) is 5.10. The van der Waals surface area contributed by atoms with E-state index in [9.17, 15) is 18.3 Å². The molecular weight excluding hydrogens is 598 g/mol. The zero-order chi connectivity index (χ0) is 28.8. The smallest absolute Gasteiger partial charge is 0.407 e. The molecule has 5 rings (SSSR count). The molecule has 1 aliphatic rings. The minimum Gasteiger partial charge on any atom is -0.465 e. The molecule has 0 bridgehead atoms. The third kappa shape index (κ3) is 5.10. The maximum atomic E-state index is 13.4. The Balaban J connectivity index is 1.41. The second kappa shape index (κ2) is 10.7. The van der Waals surface area contributed by atoms with Gasteiger partial charge >= 0.3 is 6.09 Å². The molecule has 2 N–H and O–H groups in total. The first-order valence-electron chi connectivity index (χ1n) is 12.8. The molecule has 0 saturated carbocycles. The lowest BCUT2D eigenvalue weighted by Crippen LogP contribution is -2.58. The first-order valence-corrected chi connectivity index (χ1v) is 15.0. The quantitative estimate of drug-likeness (QED) is 0.314. The number of aromatic nitrogens is 4. The van der Waals surface area contributed by atoms with Gasteiger partial charge in [-0.25, -0.2) is 32.1 Å². The van der Waals surface area contributed by atoms with Gasteiger partial charge in [-0.3, -0.25) is 4.90 Å². The van der Waals surface area contributed by atoms with E-state index in [1.165, 1.54) is 17.4 Å². The van der Waals surface area contributed by atoms with Crippen LogP contribution in [0.2, 0.25) is 0 Å². The van der Waals surface area contributed by atoms with Crippen LogP contribution in [0.5, 0.6) is 0 Å². The monoisotopic (exact) mass is 627 g/mol. The van der Waals surface area contributed by atoms with E-state index in [-0.39, 0.29) is 22.6 Å². The largest absolute Gasteiger partial charge is 0.465 e. The molecule has 3 aromatic heterocycles. The topological polar surface area (TPSA) is 134 Å². The van der Waals surface area contributed by atoms with Crippen molar-refractivity contribution in [3.05, 3.63) is 70.2 Å². The maximum absolute atomic E-state index is 13.4. The summed E-state index contributed by atoms with van der Waals surface area (Å²) in [6.45, 7) is 9.10. The molecule has 40 heavy (non-hydrogen) atoms. The van der Waals surface area contributed by atoms with Crippen LogP contribution in [0.3, 0.4) is 0 Å². The second-order valence-electron chi connectivity index (χ2n) is 10.1. The van der Waals surface area contributed by atoms with Crippen LogP contribution in [-0.2, 0) is 16.6 Å². The number of piperazine rings is 1. The molecule has 0 radical (unpaired) electrons. The van der Waals surface area contributed by atoms with Crippen LogP contribution in [0.4, 0.5) is 16.4 Å². The highest BCUT2D eigenvalue weighted by molar-refractivity contribution is 9.10. The number of hydrogen-bond acceptors (Lipinski definition) is 8. The number of rotatable bonds is 6. The lowest BCUT2D eigenvalue weighted by molar-refractivity contribution is 0.0981. The van der Waals surface area contributed by atoms with Gasteiger partial charge in [0.05, 0.1) is 34.6 Å². The summed E-state index contributed by atoms with van der Waals surface area (Å²) < 4.78 is 28.5. The summed E-state index contributed by atoms with van der Waals surface area (Å²) in [5.41, 5.74) is 2.99. The zero-order valence-corrected chi connectivity index (χ0v) is 24.9. The number of nitrogens with one attached hydrogen (secondary N) is 1. The average molecular weight is 629 g/mol. The van der Waals surface area contributed by atoms with E-state index in [1.54, 1.807) is 24.3 Å². The molecule has 11 nitrogen and oxygen atoms in total. The molecule has 1 aliphatic heterocycles. The van der Waals surface area contributed by atoms with Crippen molar-refractivity contribution < 1.29 is 18.3 Å². The number of aryl methyl sites for hydroxylation is 2. The number of anilines is 2. The summed E-state index contributed by atoms with van der Waals surface area (Å²) in [4.78, 5) is 28.9. The van der Waals surface area contributed by atoms with Gasteiger partial charge in [0.2, 0.25) is 0 Å². The number of halogens is 1. The van der Waals surface area contributed by atoms with E-state index in [4.69, 9.17) is 4.98 Å². The fraction of sp³-hybridized carbons (Fsp3) is 0.333. The van der Waals surface area contributed by atoms with Gasteiger partial charge in [-0.2, -0.15) is 0 Å². The van der Waals surface area contributed by atoms with Gasteiger partial charge in [0.25, 0.3) is 10.0 Å². The van der Waals surface area contributed by atoms with Crippen molar-refractivity contribution >= 4 is 54.7 Å². The van der Waals surface area contributed by atoms with Gasteiger partial charge in [0, 0.05) is 23.8 Å². The Bertz CT molecular complexity index is 1680. The van der Waals surface area contributed by atoms with Crippen LogP contribution in [0, 0.1) is 13.8 Å². The number of pyridine rings is 1. The van der Waals surface area contributed by atoms with E-state index in [0.717, 1.165) is 26.6 Å². The highest BCUT2D eigenvalue weighted by Crippen LogP contribution is 2.33. The van der Waals surface area contributed by atoms with E-state index < -0.39 is 16.1 Å². The van der Waals surface area contributed by atoms with Crippen LogP contribution < -0.4 is 10.2 Å². The predicted octanol–water partition coefficient (Wildman–Crippen LogP) is 4.63. The Morgan fingerprint density at radius 3 is 2.40 bits per heavy atom. The van der Waals surface area contributed by atoms with Gasteiger partial charge in [-0.1, -0.05) is 23.8 Å². The standard InChI is InChI=1S/C27H30BrN7O4S/c1-16-5-8-20(9-6-16)40(38,39)34-14-21(28)24-25(30-15-31-26(24)34)29-11-22-17(2)7-10-23(32-22)33-12-18(3)35(27(36)37)19(4)13-33/h5-10,14-15,18-19H,11-13H2,1-4H3,(H,36,37)(H,29,30,31)/t18-,19+. The highest BCUT2D eigenvalue weighted by atomic mass is 79.9. The van der Waals surface area contributed by atoms with Crippen molar-refractivity contribution in [3.63, 3.8) is 0 Å². The summed E-state index contributed by atoms with van der Waals surface area (Å²) in [7, 11) is -3.88. The summed E-state index contributed by atoms with van der Waals surface area (Å²) in [6.07, 6.45) is 1.91. The van der Waals surface area contributed by atoms with Gasteiger partial charge in [-0.15, -0.1) is 0 Å². The number of benzene rings is 1. The van der Waals surface area contributed by atoms with Crippen LogP contribution in [0.15, 0.2) is 58.3 Å². The zero-order valence-electron chi connectivity index (χ0n) is 22.5. The molecule has 0 spiro atoms. The lowest BCUT2D eigenvalue weighted by atomic mass is 10.1. The van der Waals surface area contributed by atoms with Gasteiger partial charge in [-0.05, 0) is 67.4 Å². The van der Waals surface area contributed by atoms with E-state index in [1.807, 2.05) is 39.8 Å². The molecule has 4 heterocycles. The molecule has 2 atom stereocenters. The highest BCUT2D eigenvalue weighted by Gasteiger charge is 2.33. The Morgan fingerprint density at radius 2 is 1.75 bits per heavy atom. The molecule has 4 aromatic rings. The molecule has 1 amide bonds. The Labute approximate surface area is 241 Å². The Morgan fingerprint density at radius 1 is 1.07 bits per heavy atom. The van der Waals surface area contributed by atoms with Crippen molar-refractivity contribution in [1.29, 1.82) is 0 Å². The molecule has 0 aliphatic carbocycles. The predicted molar refractivity (Wildman–Crippen MR) is 156 cm³/mol. The normalized spacial score (nSPS) is 17.8. The fourth-order valence-corrected chi connectivity index (χ4v) is 7.12. The molecule has 13 heteroatoms. The molecule has 1 saturated heterocycles. The minimum absolute atomic E-state index is 0.167. The van der Waals surface area contributed by atoms with Crippen molar-refractivity contribution in [1.82, 2.24) is 23.8 Å². The van der Waals surface area contributed by atoms with E-state index >= 15 is 0 Å². The minimum atomic E-state index is -3.88. The van der Waals surface area contributed by atoms with Gasteiger partial charge in [0.15, 0.2) is 5.65 Å². The Hall–Kier alpha value is -3.71. The van der Waals surface area contributed by atoms with E-state index in [2.05, 4.69) is 36.1 Å². The van der Waals surface area contributed by atoms with Crippen molar-refractivity contribution in [2.45, 2.75) is 51.2 Å². The number of nitrogens with zero attached hydrogens (tertiary/aromatic N) is 6. The first kappa shape index (κ1) is 27.8. The number of hydrogen-bond donors (Lipinski definition) is 2. The van der Waals surface area contributed by atoms with Crippen molar-refractivity contribution in [2.75, 3.05) is 23.3 Å². The number of amides is 1. The average Bonchev–Trinajstić information content (AvgIpc) is 3.25. The number of carbonyl (C=O) groups is 1. The number of fused-ring (bicyclic) bond motifs is 1. The van der Waals surface area contributed by atoms with Crippen molar-refractivity contribution in [2.24, 2.45) is 0 Å². The third-order valence-corrected chi connectivity index (χ3v) is 9.42. The molecule has 1 fully saturated rings.